The first-order valence-electron chi connectivity index (χ1n) is 10.0. The zero-order valence-corrected chi connectivity index (χ0v) is 18.5. The lowest BCUT2D eigenvalue weighted by molar-refractivity contribution is -0.385. The molecule has 1 N–H and O–H groups in total. The Morgan fingerprint density at radius 1 is 1.00 bits per heavy atom. The van der Waals surface area contributed by atoms with E-state index in [2.05, 4.69) is 5.32 Å². The van der Waals surface area contributed by atoms with Gasteiger partial charge in [-0.1, -0.05) is 24.3 Å². The first-order chi connectivity index (χ1) is 17.2. The fourth-order valence-electron chi connectivity index (χ4n) is 3.01. The number of nitrogens with zero attached hydrogens (tertiary/aromatic N) is 3. The minimum absolute atomic E-state index is 0.00937. The second kappa shape index (κ2) is 11.0. The summed E-state index contributed by atoms with van der Waals surface area (Å²) in [5.41, 5.74) is -0.792. The largest absolute Gasteiger partial charge is 0.495 e. The van der Waals surface area contributed by atoms with Crippen molar-refractivity contribution in [1.82, 2.24) is 0 Å². The number of nitro benzene ring substituents is 2. The third kappa shape index (κ3) is 5.86. The van der Waals surface area contributed by atoms with Gasteiger partial charge in [0.1, 0.15) is 28.7 Å². The second-order valence-corrected chi connectivity index (χ2v) is 7.00. The molecule has 0 fully saturated rings. The number of nitrogens with one attached hydrogen (secondary N) is 1. The smallest absolute Gasteiger partial charge is 0.350 e. The van der Waals surface area contributed by atoms with Gasteiger partial charge in [-0.25, -0.2) is 4.79 Å². The van der Waals surface area contributed by atoms with E-state index in [0.29, 0.717) is 5.56 Å². The summed E-state index contributed by atoms with van der Waals surface area (Å²) in [5, 5.41) is 34.0. The highest BCUT2D eigenvalue weighted by Gasteiger charge is 2.21. The van der Waals surface area contributed by atoms with Gasteiger partial charge in [0.25, 0.3) is 17.3 Å². The van der Waals surface area contributed by atoms with E-state index in [-0.39, 0.29) is 34.0 Å². The Hall–Kier alpha value is -5.57. The SMILES string of the molecule is COc1ccc([N+](=O)[O-])cc1NC(=O)/C(C#N)=C/c1ccc(OC(=O)c2ccccc2[N+](=O)[O-])cc1. The summed E-state index contributed by atoms with van der Waals surface area (Å²) in [6.07, 6.45) is 1.26. The third-order valence-electron chi connectivity index (χ3n) is 4.73. The number of hydrogen-bond acceptors (Lipinski definition) is 9. The van der Waals surface area contributed by atoms with E-state index in [1.807, 2.05) is 0 Å². The van der Waals surface area contributed by atoms with E-state index >= 15 is 0 Å². The van der Waals surface area contributed by atoms with E-state index in [4.69, 9.17) is 9.47 Å². The normalized spacial score (nSPS) is 10.6. The summed E-state index contributed by atoms with van der Waals surface area (Å²) in [6.45, 7) is 0. The molecule has 0 aliphatic heterocycles. The summed E-state index contributed by atoms with van der Waals surface area (Å²) in [4.78, 5) is 45.7. The van der Waals surface area contributed by atoms with Crippen LogP contribution in [0.4, 0.5) is 17.1 Å². The number of methoxy groups -OCH3 is 1. The summed E-state index contributed by atoms with van der Waals surface area (Å²) in [7, 11) is 1.32. The number of ether oxygens (including phenoxy) is 2. The minimum atomic E-state index is -0.923. The first-order valence-corrected chi connectivity index (χ1v) is 10.0. The van der Waals surface area contributed by atoms with E-state index in [0.717, 1.165) is 6.07 Å². The van der Waals surface area contributed by atoms with Crippen molar-refractivity contribution in [3.05, 3.63) is 104 Å². The molecule has 0 radical (unpaired) electrons. The van der Waals surface area contributed by atoms with Crippen LogP contribution in [0.15, 0.2) is 72.3 Å². The average molecular weight is 488 g/mol. The Labute approximate surface area is 203 Å². The standard InChI is InChI=1S/C24H16N4O8/c1-35-22-11-8-17(27(31)32)13-20(22)26-23(29)16(14-25)12-15-6-9-18(10-7-15)36-24(30)19-4-2-3-5-21(19)28(33)34/h2-13H,1H3,(H,26,29)/b16-12+. The number of para-hydroxylation sites is 1. The molecule has 0 saturated carbocycles. The van der Waals surface area contributed by atoms with Crippen molar-refractivity contribution >= 4 is 35.0 Å². The molecule has 0 aliphatic carbocycles. The van der Waals surface area contributed by atoms with Crippen molar-refractivity contribution in [2.45, 2.75) is 0 Å². The number of rotatable bonds is 8. The van der Waals surface area contributed by atoms with Crippen LogP contribution in [0, 0.1) is 31.6 Å². The lowest BCUT2D eigenvalue weighted by Crippen LogP contribution is -2.14. The zero-order chi connectivity index (χ0) is 26.2. The molecule has 3 rings (SSSR count). The predicted molar refractivity (Wildman–Crippen MR) is 126 cm³/mol. The molecule has 3 aromatic carbocycles. The van der Waals surface area contributed by atoms with E-state index in [1.54, 1.807) is 6.07 Å². The van der Waals surface area contributed by atoms with Crippen molar-refractivity contribution in [2.75, 3.05) is 12.4 Å². The van der Waals surface area contributed by atoms with Gasteiger partial charge in [0, 0.05) is 18.2 Å². The number of benzene rings is 3. The van der Waals surface area contributed by atoms with Gasteiger partial charge in [-0.3, -0.25) is 25.0 Å². The fourth-order valence-corrected chi connectivity index (χ4v) is 3.01. The van der Waals surface area contributed by atoms with Crippen LogP contribution in [-0.2, 0) is 4.79 Å². The van der Waals surface area contributed by atoms with Gasteiger partial charge >= 0.3 is 5.97 Å². The molecule has 12 nitrogen and oxygen atoms in total. The van der Waals surface area contributed by atoms with Crippen molar-refractivity contribution in [2.24, 2.45) is 0 Å². The third-order valence-corrected chi connectivity index (χ3v) is 4.73. The van der Waals surface area contributed by atoms with Gasteiger partial charge in [0.2, 0.25) is 0 Å². The first kappa shape index (κ1) is 25.1. The van der Waals surface area contributed by atoms with Crippen LogP contribution in [0.2, 0.25) is 0 Å². The molecule has 3 aromatic rings. The predicted octanol–water partition coefficient (Wildman–Crippen LogP) is 4.28. The van der Waals surface area contributed by atoms with Crippen LogP contribution in [0.3, 0.4) is 0 Å². The molecule has 36 heavy (non-hydrogen) atoms. The zero-order valence-electron chi connectivity index (χ0n) is 18.5. The van der Waals surface area contributed by atoms with E-state index in [9.17, 15) is 35.1 Å². The molecule has 0 atom stereocenters. The minimum Gasteiger partial charge on any atom is -0.495 e. The van der Waals surface area contributed by atoms with Crippen molar-refractivity contribution in [1.29, 1.82) is 5.26 Å². The second-order valence-electron chi connectivity index (χ2n) is 7.00. The van der Waals surface area contributed by atoms with Gasteiger partial charge in [-0.05, 0) is 35.9 Å². The Kier molecular flexibility index (Phi) is 7.68. The highest BCUT2D eigenvalue weighted by molar-refractivity contribution is 6.10. The number of amides is 1. The highest BCUT2D eigenvalue weighted by Crippen LogP contribution is 2.29. The average Bonchev–Trinajstić information content (AvgIpc) is 2.87. The Bertz CT molecular complexity index is 1420. The topological polar surface area (TPSA) is 175 Å². The molecule has 0 bridgehead atoms. The monoisotopic (exact) mass is 488 g/mol. The summed E-state index contributed by atoms with van der Waals surface area (Å²) in [6, 6.07) is 16.4. The maximum absolute atomic E-state index is 12.6. The van der Waals surface area contributed by atoms with Gasteiger partial charge in [-0.2, -0.15) is 5.26 Å². The van der Waals surface area contributed by atoms with Crippen LogP contribution >= 0.6 is 0 Å². The molecule has 0 spiro atoms. The lowest BCUT2D eigenvalue weighted by Gasteiger charge is -2.09. The number of carbonyl (C=O) groups excluding carboxylic acids is 2. The van der Waals surface area contributed by atoms with Crippen LogP contribution in [0.1, 0.15) is 15.9 Å². The van der Waals surface area contributed by atoms with E-state index < -0.39 is 27.4 Å². The van der Waals surface area contributed by atoms with Crippen LogP contribution < -0.4 is 14.8 Å². The number of carbonyl (C=O) groups is 2. The molecule has 1 amide bonds. The number of anilines is 1. The van der Waals surface area contributed by atoms with Gasteiger partial charge in [0.15, 0.2) is 0 Å². The van der Waals surface area contributed by atoms with Gasteiger partial charge in [0.05, 0.1) is 22.6 Å². The molecular weight excluding hydrogens is 472 g/mol. The molecule has 0 aliphatic rings. The van der Waals surface area contributed by atoms with Crippen LogP contribution in [0.25, 0.3) is 6.08 Å². The number of nitro groups is 2. The summed E-state index contributed by atoms with van der Waals surface area (Å²) >= 11 is 0. The lowest BCUT2D eigenvalue weighted by atomic mass is 10.1. The number of hydrogen-bond donors (Lipinski definition) is 1. The number of non-ortho nitro benzene ring substituents is 1. The molecule has 0 unspecified atom stereocenters. The Morgan fingerprint density at radius 2 is 1.69 bits per heavy atom. The molecule has 12 heteroatoms. The Morgan fingerprint density at radius 3 is 2.31 bits per heavy atom. The van der Waals surface area contributed by atoms with Crippen molar-refractivity contribution in [3.8, 4) is 17.6 Å². The quantitative estimate of drug-likeness (QED) is 0.121. The summed E-state index contributed by atoms with van der Waals surface area (Å²) in [5.74, 6) is -1.51. The van der Waals surface area contributed by atoms with Crippen molar-refractivity contribution < 1.29 is 28.9 Å². The fraction of sp³-hybridized carbons (Fsp3) is 0.0417. The number of esters is 1. The van der Waals surface area contributed by atoms with E-state index in [1.165, 1.54) is 73.8 Å². The van der Waals surface area contributed by atoms with Gasteiger partial charge in [-0.15, -0.1) is 0 Å². The molecule has 0 saturated heterocycles. The molecule has 180 valence electrons. The number of nitriles is 1. The molecular formula is C24H16N4O8. The Balaban J connectivity index is 1.76. The maximum Gasteiger partial charge on any atom is 0.350 e. The van der Waals surface area contributed by atoms with Crippen LogP contribution in [0.5, 0.6) is 11.5 Å². The molecule has 0 aromatic heterocycles. The van der Waals surface area contributed by atoms with Crippen molar-refractivity contribution in [3.63, 3.8) is 0 Å². The summed E-state index contributed by atoms with van der Waals surface area (Å²) < 4.78 is 10.3. The highest BCUT2D eigenvalue weighted by atomic mass is 16.6. The maximum atomic E-state index is 12.6. The molecule has 0 heterocycles. The van der Waals surface area contributed by atoms with Crippen LogP contribution in [-0.4, -0.2) is 28.8 Å². The van der Waals surface area contributed by atoms with Gasteiger partial charge < -0.3 is 14.8 Å².